The third kappa shape index (κ3) is 13.2. The molecular weight excluding hydrogens is 760 g/mol. The van der Waals surface area contributed by atoms with Gasteiger partial charge in [0.2, 0.25) is 0 Å². The van der Waals surface area contributed by atoms with E-state index in [1.165, 1.54) is 12.0 Å². The van der Waals surface area contributed by atoms with Gasteiger partial charge < -0.3 is 52.7 Å². The van der Waals surface area contributed by atoms with Crippen LogP contribution in [0.1, 0.15) is 90.2 Å². The Hall–Kier alpha value is -4.02. The van der Waals surface area contributed by atoms with Crippen molar-refractivity contribution >= 4 is 23.8 Å². The van der Waals surface area contributed by atoms with Crippen molar-refractivity contribution in [1.29, 1.82) is 0 Å². The third-order valence-electron chi connectivity index (χ3n) is 9.98. The predicted octanol–water partition coefficient (Wildman–Crippen LogP) is 7.42. The van der Waals surface area contributed by atoms with Crippen molar-refractivity contribution in [3.05, 3.63) is 71.3 Å². The molecule has 59 heavy (non-hydrogen) atoms. The Morgan fingerprint density at radius 2 is 1.73 bits per heavy atom. The lowest BCUT2D eigenvalue weighted by molar-refractivity contribution is -0.156. The highest BCUT2D eigenvalue weighted by Crippen LogP contribution is 2.37. The van der Waals surface area contributed by atoms with Gasteiger partial charge >= 0.3 is 12.1 Å². The number of hydrogen-bond donors (Lipinski definition) is 1. The van der Waals surface area contributed by atoms with E-state index >= 15 is 0 Å². The van der Waals surface area contributed by atoms with Crippen LogP contribution in [0.25, 0.3) is 6.08 Å². The zero-order valence-electron chi connectivity index (χ0n) is 36.5. The van der Waals surface area contributed by atoms with Crippen LogP contribution in [0.3, 0.4) is 0 Å². The van der Waals surface area contributed by atoms with Crippen molar-refractivity contribution in [2.75, 3.05) is 52.2 Å². The molecule has 2 aromatic carbocycles. The summed E-state index contributed by atoms with van der Waals surface area (Å²) in [6.45, 7) is 18.6. The van der Waals surface area contributed by atoms with Crippen molar-refractivity contribution in [1.82, 2.24) is 5.32 Å². The topological polar surface area (TPSA) is 142 Å². The van der Waals surface area contributed by atoms with Crippen molar-refractivity contribution in [2.24, 2.45) is 5.92 Å². The Morgan fingerprint density at radius 1 is 0.983 bits per heavy atom. The number of ether oxygens (including phenoxy) is 10. The largest absolute Gasteiger partial charge is 0.497 e. The van der Waals surface area contributed by atoms with E-state index in [4.69, 9.17) is 47.4 Å². The van der Waals surface area contributed by atoms with Crippen LogP contribution >= 0.6 is 0 Å². The fourth-order valence-electron chi connectivity index (χ4n) is 6.93. The third-order valence-corrected chi connectivity index (χ3v) is 9.98. The molecule has 5 rings (SSSR count). The Morgan fingerprint density at radius 3 is 2.39 bits per heavy atom. The first kappa shape index (κ1) is 46.1. The molecule has 0 aliphatic carbocycles. The van der Waals surface area contributed by atoms with Gasteiger partial charge in [0, 0.05) is 38.7 Å². The number of benzene rings is 2. The van der Waals surface area contributed by atoms with E-state index in [0.29, 0.717) is 44.0 Å². The maximum Gasteiger partial charge on any atom is 0.414 e. The molecule has 0 aromatic heterocycles. The molecule has 3 aliphatic heterocycles. The molecular formula is C45H64N2O12. The summed E-state index contributed by atoms with van der Waals surface area (Å²) < 4.78 is 59.9. The number of carbonyl (C=O) groups excluding carboxylic acids is 2. The second kappa shape index (κ2) is 20.0. The number of anilines is 1. The second-order valence-corrected chi connectivity index (χ2v) is 17.0. The standard InChI is InChI=1S/C45H64N2O12/c1-29-15-20-36(52-26-31-16-18-34(51-11)19-17-31)40-37(57-45(8,9)58-40)14-12-13-32-23-33(24-38(53-28-50-10)39(32)41(48)55-30(29)2)47(42(49)59-43(3,4)5)22-21-46-25-35-27-54-44(6,7)56-35/h12-13,15-20,23-24,29-30,35-37,40,46H,14,21-22,25-28H2,1-11H3/b13-12?,20-15-/t29-,30+,35?,36-,37+,40-/m1/s1. The van der Waals surface area contributed by atoms with Gasteiger partial charge in [0.05, 0.1) is 38.2 Å². The van der Waals surface area contributed by atoms with E-state index in [2.05, 4.69) is 5.32 Å². The molecule has 0 spiro atoms. The molecule has 14 nitrogen and oxygen atoms in total. The van der Waals surface area contributed by atoms with E-state index in [1.807, 2.05) is 111 Å². The first-order valence-electron chi connectivity index (χ1n) is 20.4. The Kier molecular flexibility index (Phi) is 15.6. The average molecular weight is 825 g/mol. The van der Waals surface area contributed by atoms with Gasteiger partial charge in [0.1, 0.15) is 41.0 Å². The minimum Gasteiger partial charge on any atom is -0.497 e. The van der Waals surface area contributed by atoms with Crippen molar-refractivity contribution < 1.29 is 57.0 Å². The highest BCUT2D eigenvalue weighted by Gasteiger charge is 2.44. The van der Waals surface area contributed by atoms with Crippen LogP contribution < -0.4 is 19.7 Å². The molecule has 3 heterocycles. The fourth-order valence-corrected chi connectivity index (χ4v) is 6.93. The molecule has 0 bridgehead atoms. The average Bonchev–Trinajstić information content (AvgIpc) is 3.68. The number of nitrogens with one attached hydrogen (secondary N) is 1. The van der Waals surface area contributed by atoms with Crippen molar-refractivity contribution in [3.63, 3.8) is 0 Å². The molecule has 2 aromatic rings. The number of rotatable bonds is 13. The number of cyclic esters (lactones) is 1. The normalized spacial score (nSPS) is 25.9. The molecule has 1 unspecified atom stereocenters. The SMILES string of the molecule is COCOc1cc(N(CCNCC2COC(C)(C)O2)C(=O)OC(C)(C)C)cc2c1C(=O)O[C@@H](C)[C@H](C)/C=C\[C@@H](OCc1ccc(OC)cc1)[C@H]1OC(C)(C)O[C@H]1CC=C2. The molecule has 2 fully saturated rings. The fraction of sp³-hybridized carbons (Fsp3) is 0.600. The molecule has 3 aliphatic rings. The van der Waals surface area contributed by atoms with Gasteiger partial charge in [-0.3, -0.25) is 4.90 Å². The number of nitrogens with zero attached hydrogens (tertiary/aromatic N) is 1. The number of carbonyl (C=O) groups is 2. The second-order valence-electron chi connectivity index (χ2n) is 17.0. The van der Waals surface area contributed by atoms with Gasteiger partial charge in [-0.1, -0.05) is 43.4 Å². The van der Waals surface area contributed by atoms with Gasteiger partial charge in [-0.2, -0.15) is 0 Å². The van der Waals surface area contributed by atoms with E-state index in [1.54, 1.807) is 19.2 Å². The van der Waals surface area contributed by atoms with Gasteiger partial charge in [-0.15, -0.1) is 0 Å². The summed E-state index contributed by atoms with van der Waals surface area (Å²) in [5, 5.41) is 3.38. The molecule has 2 saturated heterocycles. The summed E-state index contributed by atoms with van der Waals surface area (Å²) >= 11 is 0. The lowest BCUT2D eigenvalue weighted by Crippen LogP contribution is -2.42. The van der Waals surface area contributed by atoms with Gasteiger partial charge in [0.15, 0.2) is 18.4 Å². The minimum absolute atomic E-state index is 0.133. The van der Waals surface area contributed by atoms with E-state index in [-0.39, 0.29) is 36.7 Å². The van der Waals surface area contributed by atoms with Crippen LogP contribution in [-0.2, 0) is 44.5 Å². The number of methoxy groups -OCH3 is 2. The summed E-state index contributed by atoms with van der Waals surface area (Å²) in [6, 6.07) is 11.1. The Balaban J connectivity index is 1.50. The van der Waals surface area contributed by atoms with Crippen LogP contribution in [0, 0.1) is 5.92 Å². The predicted molar refractivity (Wildman–Crippen MR) is 223 cm³/mol. The Bertz CT molecular complexity index is 1770. The Labute approximate surface area is 349 Å². The maximum atomic E-state index is 14.2. The van der Waals surface area contributed by atoms with Gasteiger partial charge in [-0.25, -0.2) is 9.59 Å². The smallest absolute Gasteiger partial charge is 0.414 e. The van der Waals surface area contributed by atoms with Crippen LogP contribution in [0.15, 0.2) is 54.6 Å². The van der Waals surface area contributed by atoms with Crippen molar-refractivity contribution in [3.8, 4) is 11.5 Å². The van der Waals surface area contributed by atoms with Crippen molar-refractivity contribution in [2.45, 2.75) is 123 Å². The van der Waals surface area contributed by atoms with Crippen LogP contribution in [0.4, 0.5) is 10.5 Å². The van der Waals surface area contributed by atoms with Crippen LogP contribution in [0.2, 0.25) is 0 Å². The maximum absolute atomic E-state index is 14.2. The molecule has 1 N–H and O–H groups in total. The zero-order chi connectivity index (χ0) is 43.0. The molecule has 0 radical (unpaired) electrons. The van der Waals surface area contributed by atoms with E-state index in [0.717, 1.165) is 11.3 Å². The number of fused-ring (bicyclic) bond motifs is 2. The number of hydrogen-bond acceptors (Lipinski definition) is 13. The highest BCUT2D eigenvalue weighted by atomic mass is 16.8. The summed E-state index contributed by atoms with van der Waals surface area (Å²) in [5.41, 5.74) is 1.29. The summed E-state index contributed by atoms with van der Waals surface area (Å²) in [6.07, 6.45) is 5.49. The van der Waals surface area contributed by atoms with Crippen LogP contribution in [-0.4, -0.2) is 107 Å². The first-order chi connectivity index (χ1) is 27.9. The molecule has 6 atom stereocenters. The van der Waals surface area contributed by atoms with Gasteiger partial charge in [0.25, 0.3) is 0 Å². The zero-order valence-corrected chi connectivity index (χ0v) is 36.5. The number of amides is 1. The molecule has 1 amide bonds. The molecule has 326 valence electrons. The summed E-state index contributed by atoms with van der Waals surface area (Å²) in [4.78, 5) is 29.6. The van der Waals surface area contributed by atoms with E-state index < -0.39 is 53.7 Å². The monoisotopic (exact) mass is 824 g/mol. The highest BCUT2D eigenvalue weighted by molar-refractivity contribution is 5.99. The first-order valence-corrected chi connectivity index (χ1v) is 20.4. The lowest BCUT2D eigenvalue weighted by atomic mass is 9.98. The lowest BCUT2D eigenvalue weighted by Gasteiger charge is -2.29. The summed E-state index contributed by atoms with van der Waals surface area (Å²) in [5.74, 6) is -1.39. The minimum atomic E-state index is -0.883. The summed E-state index contributed by atoms with van der Waals surface area (Å²) in [7, 11) is 3.12. The molecule has 0 saturated carbocycles. The molecule has 14 heteroatoms. The van der Waals surface area contributed by atoms with E-state index in [9.17, 15) is 9.59 Å². The quantitative estimate of drug-likeness (QED) is 0.0928. The number of esters is 1. The van der Waals surface area contributed by atoms with Gasteiger partial charge in [-0.05, 0) is 91.1 Å². The van der Waals surface area contributed by atoms with Crippen LogP contribution in [0.5, 0.6) is 11.5 Å².